The predicted octanol–water partition coefficient (Wildman–Crippen LogP) is 3.63. The molecule has 2 aromatic carbocycles. The maximum absolute atomic E-state index is 13.8. The summed E-state index contributed by atoms with van der Waals surface area (Å²) in [5, 5.41) is 3.95. The Labute approximate surface area is 198 Å². The van der Waals surface area contributed by atoms with Gasteiger partial charge in [0, 0.05) is 29.4 Å². The van der Waals surface area contributed by atoms with E-state index in [1.54, 1.807) is 25.7 Å². The normalized spacial score (nSPS) is 22.2. The molecule has 7 heteroatoms. The number of H-pyrrole nitrogens is 1. The molecule has 1 fully saturated rings. The molecule has 3 aromatic rings. The molecule has 1 saturated heterocycles. The van der Waals surface area contributed by atoms with Crippen LogP contribution in [0, 0.1) is 0 Å². The van der Waals surface area contributed by atoms with Crippen molar-refractivity contribution >= 4 is 28.7 Å². The van der Waals surface area contributed by atoms with Crippen LogP contribution in [0.5, 0.6) is 0 Å². The number of amides is 2. The third-order valence-electron chi connectivity index (χ3n) is 6.48. The number of benzene rings is 2. The topological polar surface area (TPSA) is 91.5 Å². The Kier molecular flexibility index (Phi) is 5.42. The molecule has 0 spiro atoms. The fraction of sp³-hybridized carbons (Fsp3) is 0.370. The number of rotatable bonds is 4. The first-order valence-electron chi connectivity index (χ1n) is 11.7. The molecule has 176 valence electrons. The monoisotopic (exact) mass is 459 g/mol. The first kappa shape index (κ1) is 22.2. The van der Waals surface area contributed by atoms with E-state index >= 15 is 0 Å². The number of nitrogens with one attached hydrogen (secondary N) is 2. The Bertz CT molecular complexity index is 1260. The van der Waals surface area contributed by atoms with Crippen molar-refractivity contribution in [1.29, 1.82) is 0 Å². The van der Waals surface area contributed by atoms with Crippen LogP contribution >= 0.6 is 0 Å². The number of hydrogen-bond donors (Lipinski definition) is 2. The summed E-state index contributed by atoms with van der Waals surface area (Å²) in [5.74, 6) is -0.746. The van der Waals surface area contributed by atoms with Crippen LogP contribution < -0.4 is 5.32 Å². The van der Waals surface area contributed by atoms with E-state index in [0.717, 1.165) is 27.7 Å². The van der Waals surface area contributed by atoms with Crippen molar-refractivity contribution in [2.45, 2.75) is 63.8 Å². The minimum absolute atomic E-state index is 0.0557. The molecule has 2 N–H and O–H groups in total. The lowest BCUT2D eigenvalue weighted by Gasteiger charge is -2.46. The number of nitrogens with zero attached hydrogens (tertiary/aromatic N) is 1. The lowest BCUT2D eigenvalue weighted by atomic mass is 9.85. The Morgan fingerprint density at radius 1 is 1.06 bits per heavy atom. The van der Waals surface area contributed by atoms with Gasteiger partial charge in [0.05, 0.1) is 6.04 Å². The highest BCUT2D eigenvalue weighted by Crippen LogP contribution is 2.42. The van der Waals surface area contributed by atoms with Gasteiger partial charge in [-0.1, -0.05) is 48.5 Å². The molecular formula is C27H29N3O4. The van der Waals surface area contributed by atoms with E-state index in [9.17, 15) is 14.4 Å². The zero-order valence-electron chi connectivity index (χ0n) is 19.6. The Morgan fingerprint density at radius 3 is 2.50 bits per heavy atom. The van der Waals surface area contributed by atoms with E-state index in [-0.39, 0.29) is 30.6 Å². The molecule has 0 radical (unpaired) electrons. The molecular weight excluding hydrogens is 430 g/mol. The second kappa shape index (κ2) is 8.31. The molecule has 2 aliphatic rings. The van der Waals surface area contributed by atoms with E-state index in [1.165, 1.54) is 0 Å². The van der Waals surface area contributed by atoms with Gasteiger partial charge in [-0.3, -0.25) is 14.4 Å². The molecule has 1 aromatic heterocycles. The Morgan fingerprint density at radius 2 is 1.76 bits per heavy atom. The molecule has 34 heavy (non-hydrogen) atoms. The lowest BCUT2D eigenvalue weighted by molar-refractivity contribution is -0.157. The van der Waals surface area contributed by atoms with Gasteiger partial charge in [-0.2, -0.15) is 0 Å². The number of carbonyl (C=O) groups excluding carboxylic acids is 3. The zero-order chi connectivity index (χ0) is 24.0. The quantitative estimate of drug-likeness (QED) is 0.583. The van der Waals surface area contributed by atoms with E-state index in [1.807, 2.05) is 48.5 Å². The van der Waals surface area contributed by atoms with Gasteiger partial charge in [0.25, 0.3) is 0 Å². The van der Waals surface area contributed by atoms with Crippen molar-refractivity contribution in [2.24, 2.45) is 0 Å². The molecule has 5 rings (SSSR count). The minimum atomic E-state index is -0.770. The molecule has 0 aliphatic carbocycles. The maximum atomic E-state index is 13.8. The van der Waals surface area contributed by atoms with Crippen LogP contribution in [-0.4, -0.2) is 45.4 Å². The minimum Gasteiger partial charge on any atom is -0.460 e. The van der Waals surface area contributed by atoms with Gasteiger partial charge in [-0.25, -0.2) is 0 Å². The van der Waals surface area contributed by atoms with Gasteiger partial charge in [0.2, 0.25) is 11.8 Å². The van der Waals surface area contributed by atoms with Crippen LogP contribution in [0.25, 0.3) is 10.9 Å². The summed E-state index contributed by atoms with van der Waals surface area (Å²) in [6.45, 7) is 5.41. The van der Waals surface area contributed by atoms with Crippen LogP contribution in [0.15, 0.2) is 54.6 Å². The zero-order valence-corrected chi connectivity index (χ0v) is 19.6. The number of ether oxygens (including phenoxy) is 1. The molecule has 0 bridgehead atoms. The lowest BCUT2D eigenvalue weighted by Crippen LogP contribution is -2.66. The molecule has 3 heterocycles. The highest BCUT2D eigenvalue weighted by atomic mass is 16.6. The molecule has 7 nitrogen and oxygen atoms in total. The largest absolute Gasteiger partial charge is 0.460 e. The van der Waals surface area contributed by atoms with Crippen LogP contribution in [0.4, 0.5) is 0 Å². The number of fused-ring (bicyclic) bond motifs is 4. The second-order valence-electron chi connectivity index (χ2n) is 10.0. The van der Waals surface area contributed by atoms with E-state index in [0.29, 0.717) is 6.42 Å². The Hall–Kier alpha value is -3.61. The van der Waals surface area contributed by atoms with Crippen molar-refractivity contribution in [2.75, 3.05) is 0 Å². The highest BCUT2D eigenvalue weighted by molar-refractivity contribution is 5.99. The van der Waals surface area contributed by atoms with Gasteiger partial charge in [-0.05, 0) is 44.4 Å². The summed E-state index contributed by atoms with van der Waals surface area (Å²) in [7, 11) is 0. The summed E-state index contributed by atoms with van der Waals surface area (Å²) in [5.41, 5.74) is 3.34. The van der Waals surface area contributed by atoms with Crippen molar-refractivity contribution in [3.63, 3.8) is 0 Å². The van der Waals surface area contributed by atoms with Gasteiger partial charge in [-0.15, -0.1) is 0 Å². The van der Waals surface area contributed by atoms with Gasteiger partial charge in [0.1, 0.15) is 17.7 Å². The SMILES string of the molecule is CC(C)(C)OC(=O)CCC1NC(=O)[C@@H]2Cc3c([nH]c4ccccc34)C(c3ccccc3)N2C1=O. The number of carbonyl (C=O) groups is 3. The third kappa shape index (κ3) is 3.95. The first-order chi connectivity index (χ1) is 16.2. The van der Waals surface area contributed by atoms with Crippen LogP contribution in [0.3, 0.4) is 0 Å². The molecule has 2 aliphatic heterocycles. The van der Waals surface area contributed by atoms with E-state index < -0.39 is 23.7 Å². The highest BCUT2D eigenvalue weighted by Gasteiger charge is 2.48. The summed E-state index contributed by atoms with van der Waals surface area (Å²) in [6, 6.07) is 16.0. The number of piperazine rings is 1. The smallest absolute Gasteiger partial charge is 0.306 e. The fourth-order valence-corrected chi connectivity index (χ4v) is 5.11. The van der Waals surface area contributed by atoms with Crippen molar-refractivity contribution < 1.29 is 19.1 Å². The average molecular weight is 460 g/mol. The summed E-state index contributed by atoms with van der Waals surface area (Å²) < 4.78 is 5.39. The standard InChI is InChI=1S/C27H29N3O4/c1-27(2,3)34-22(31)14-13-20-26(33)30-21(25(32)29-20)15-18-17-11-7-8-12-19(17)28-23(18)24(30)16-9-5-4-6-10-16/h4-12,20-21,24,28H,13-15H2,1-3H3,(H,29,32)/t20?,21-,24?/m0/s1. The van der Waals surface area contributed by atoms with Gasteiger partial charge >= 0.3 is 5.97 Å². The van der Waals surface area contributed by atoms with E-state index in [4.69, 9.17) is 4.74 Å². The summed E-state index contributed by atoms with van der Waals surface area (Å²) >= 11 is 0. The molecule has 3 atom stereocenters. The first-order valence-corrected chi connectivity index (χ1v) is 11.7. The van der Waals surface area contributed by atoms with Gasteiger partial charge < -0.3 is 19.9 Å². The van der Waals surface area contributed by atoms with Gasteiger partial charge in [0.15, 0.2) is 0 Å². The third-order valence-corrected chi connectivity index (χ3v) is 6.48. The Balaban J connectivity index is 1.51. The number of hydrogen-bond acceptors (Lipinski definition) is 4. The summed E-state index contributed by atoms with van der Waals surface area (Å²) in [6.07, 6.45) is 0.697. The predicted molar refractivity (Wildman–Crippen MR) is 128 cm³/mol. The van der Waals surface area contributed by atoms with Crippen molar-refractivity contribution in [3.05, 3.63) is 71.4 Å². The molecule has 2 amide bonds. The molecule has 0 saturated carbocycles. The van der Waals surface area contributed by atoms with Crippen LogP contribution in [-0.2, 0) is 25.5 Å². The fourth-order valence-electron chi connectivity index (χ4n) is 5.11. The summed E-state index contributed by atoms with van der Waals surface area (Å²) in [4.78, 5) is 44.5. The number of esters is 1. The van der Waals surface area contributed by atoms with Crippen LogP contribution in [0.1, 0.15) is 56.5 Å². The van der Waals surface area contributed by atoms with Crippen LogP contribution in [0.2, 0.25) is 0 Å². The van der Waals surface area contributed by atoms with Crippen molar-refractivity contribution in [3.8, 4) is 0 Å². The average Bonchev–Trinajstić information content (AvgIpc) is 3.17. The number of aromatic amines is 1. The van der Waals surface area contributed by atoms with Crippen molar-refractivity contribution in [1.82, 2.24) is 15.2 Å². The number of para-hydroxylation sites is 1. The molecule has 2 unspecified atom stereocenters. The second-order valence-corrected chi connectivity index (χ2v) is 10.0. The maximum Gasteiger partial charge on any atom is 0.306 e. The number of aromatic nitrogens is 1. The van der Waals surface area contributed by atoms with E-state index in [2.05, 4.69) is 16.4 Å².